The Morgan fingerprint density at radius 1 is 1.46 bits per heavy atom. The lowest BCUT2D eigenvalue weighted by Crippen LogP contribution is -2.07. The topological polar surface area (TPSA) is 37.8 Å². The molecule has 0 spiro atoms. The number of nitrogens with one attached hydrogen (secondary N) is 1. The van der Waals surface area contributed by atoms with Gasteiger partial charge >= 0.3 is 0 Å². The van der Waals surface area contributed by atoms with Crippen LogP contribution in [0.5, 0.6) is 0 Å². The first-order valence-electron chi connectivity index (χ1n) is 4.78. The minimum absolute atomic E-state index is 0.620. The zero-order valence-corrected chi connectivity index (χ0v) is 7.95. The molecule has 0 saturated heterocycles. The van der Waals surface area contributed by atoms with E-state index in [4.69, 9.17) is 0 Å². The highest BCUT2D eigenvalue weighted by molar-refractivity contribution is 5.29. The Bertz CT molecular complexity index is 267. The quantitative estimate of drug-likeness (QED) is 0.765. The lowest BCUT2D eigenvalue weighted by atomic mass is 10.1. The molecule has 13 heavy (non-hydrogen) atoms. The maximum absolute atomic E-state index is 4.15. The first kappa shape index (κ1) is 8.48. The molecule has 0 bridgehead atoms. The van der Waals surface area contributed by atoms with E-state index in [1.807, 2.05) is 0 Å². The van der Waals surface area contributed by atoms with E-state index in [1.165, 1.54) is 19.3 Å². The van der Waals surface area contributed by atoms with Crippen LogP contribution in [0.1, 0.15) is 26.2 Å². The standard InChI is InChI=1S/C10H15N3/c1-10(2-3-10)4-5-12-9-8-11-6-7-13-9/h6-8H,2-5H2,1H3,(H,12,13). The fraction of sp³-hybridized carbons (Fsp3) is 0.600. The summed E-state index contributed by atoms with van der Waals surface area (Å²) in [5, 5.41) is 3.27. The average molecular weight is 177 g/mol. The van der Waals surface area contributed by atoms with Gasteiger partial charge in [0, 0.05) is 18.9 Å². The molecule has 0 unspecified atom stereocenters. The third-order valence-corrected chi connectivity index (χ3v) is 2.70. The highest BCUT2D eigenvalue weighted by Gasteiger charge is 2.36. The summed E-state index contributed by atoms with van der Waals surface area (Å²) in [4.78, 5) is 8.14. The van der Waals surface area contributed by atoms with Crippen molar-refractivity contribution in [2.24, 2.45) is 5.41 Å². The molecule has 1 aromatic heterocycles. The molecule has 0 atom stereocenters. The van der Waals surface area contributed by atoms with Gasteiger partial charge in [-0.1, -0.05) is 6.92 Å². The fourth-order valence-electron chi connectivity index (χ4n) is 1.35. The molecule has 3 nitrogen and oxygen atoms in total. The second kappa shape index (κ2) is 3.32. The molecule has 70 valence electrons. The SMILES string of the molecule is CC1(CCNc2cnccn2)CC1. The van der Waals surface area contributed by atoms with Crippen molar-refractivity contribution in [1.82, 2.24) is 9.97 Å². The maximum Gasteiger partial charge on any atom is 0.144 e. The predicted octanol–water partition coefficient (Wildman–Crippen LogP) is 2.08. The van der Waals surface area contributed by atoms with Gasteiger partial charge in [0.25, 0.3) is 0 Å². The van der Waals surface area contributed by atoms with Crippen molar-refractivity contribution >= 4 is 5.82 Å². The van der Waals surface area contributed by atoms with Gasteiger partial charge in [-0.15, -0.1) is 0 Å². The Hall–Kier alpha value is -1.12. The summed E-state index contributed by atoms with van der Waals surface area (Å²) < 4.78 is 0. The van der Waals surface area contributed by atoms with Crippen LogP contribution in [0, 0.1) is 5.41 Å². The molecule has 2 rings (SSSR count). The Balaban J connectivity index is 1.74. The van der Waals surface area contributed by atoms with Crippen molar-refractivity contribution in [3.8, 4) is 0 Å². The van der Waals surface area contributed by atoms with E-state index < -0.39 is 0 Å². The molecule has 1 fully saturated rings. The first-order chi connectivity index (χ1) is 6.29. The zero-order chi connectivity index (χ0) is 9.15. The van der Waals surface area contributed by atoms with Crippen LogP contribution in [0.15, 0.2) is 18.6 Å². The van der Waals surface area contributed by atoms with Crippen molar-refractivity contribution in [2.45, 2.75) is 26.2 Å². The average Bonchev–Trinajstić information content (AvgIpc) is 2.86. The van der Waals surface area contributed by atoms with Gasteiger partial charge in [0.2, 0.25) is 0 Å². The molecule has 0 aromatic carbocycles. The zero-order valence-electron chi connectivity index (χ0n) is 7.95. The Morgan fingerprint density at radius 3 is 2.92 bits per heavy atom. The molecular formula is C10H15N3. The van der Waals surface area contributed by atoms with Crippen molar-refractivity contribution in [3.05, 3.63) is 18.6 Å². The lowest BCUT2D eigenvalue weighted by molar-refractivity contribution is 0.536. The van der Waals surface area contributed by atoms with E-state index in [0.717, 1.165) is 12.4 Å². The first-order valence-corrected chi connectivity index (χ1v) is 4.78. The summed E-state index contributed by atoms with van der Waals surface area (Å²) >= 11 is 0. The summed E-state index contributed by atoms with van der Waals surface area (Å²) in [5.74, 6) is 0.881. The minimum atomic E-state index is 0.620. The highest BCUT2D eigenvalue weighted by atomic mass is 15.0. The van der Waals surface area contributed by atoms with Crippen LogP contribution in [0.4, 0.5) is 5.82 Å². The van der Waals surface area contributed by atoms with Crippen LogP contribution in [0.25, 0.3) is 0 Å². The second-order valence-corrected chi connectivity index (χ2v) is 4.08. The van der Waals surface area contributed by atoms with Gasteiger partial charge in [0.15, 0.2) is 0 Å². The number of hydrogen-bond acceptors (Lipinski definition) is 3. The molecule has 3 heteroatoms. The van der Waals surface area contributed by atoms with E-state index in [-0.39, 0.29) is 0 Å². The number of nitrogens with zero attached hydrogens (tertiary/aromatic N) is 2. The maximum atomic E-state index is 4.15. The molecule has 0 aliphatic heterocycles. The van der Waals surface area contributed by atoms with Crippen molar-refractivity contribution in [2.75, 3.05) is 11.9 Å². The van der Waals surface area contributed by atoms with Crippen LogP contribution < -0.4 is 5.32 Å². The van der Waals surface area contributed by atoms with Crippen molar-refractivity contribution in [1.29, 1.82) is 0 Å². The van der Waals surface area contributed by atoms with E-state index in [0.29, 0.717) is 5.41 Å². The third-order valence-electron chi connectivity index (χ3n) is 2.70. The monoisotopic (exact) mass is 177 g/mol. The Kier molecular flexibility index (Phi) is 2.17. The van der Waals surface area contributed by atoms with E-state index in [9.17, 15) is 0 Å². The number of aromatic nitrogens is 2. The van der Waals surface area contributed by atoms with Crippen molar-refractivity contribution < 1.29 is 0 Å². The number of rotatable bonds is 4. The van der Waals surface area contributed by atoms with Crippen molar-refractivity contribution in [3.63, 3.8) is 0 Å². The summed E-state index contributed by atoms with van der Waals surface area (Å²) in [6, 6.07) is 0. The molecule has 1 aliphatic rings. The van der Waals surface area contributed by atoms with E-state index in [2.05, 4.69) is 22.2 Å². The normalized spacial score (nSPS) is 18.2. The largest absolute Gasteiger partial charge is 0.369 e. The minimum Gasteiger partial charge on any atom is -0.369 e. The van der Waals surface area contributed by atoms with Gasteiger partial charge in [-0.05, 0) is 24.7 Å². The van der Waals surface area contributed by atoms with Crippen LogP contribution in [-0.4, -0.2) is 16.5 Å². The van der Waals surface area contributed by atoms with Gasteiger partial charge in [-0.3, -0.25) is 4.98 Å². The smallest absolute Gasteiger partial charge is 0.144 e. The summed E-state index contributed by atoms with van der Waals surface area (Å²) in [7, 11) is 0. The fourth-order valence-corrected chi connectivity index (χ4v) is 1.35. The van der Waals surface area contributed by atoms with Gasteiger partial charge in [0.1, 0.15) is 5.82 Å². The summed E-state index contributed by atoms with van der Waals surface area (Å²) in [6.45, 7) is 3.35. The second-order valence-electron chi connectivity index (χ2n) is 4.08. The predicted molar refractivity (Wildman–Crippen MR) is 52.5 cm³/mol. The van der Waals surface area contributed by atoms with Crippen LogP contribution in [-0.2, 0) is 0 Å². The molecule has 0 radical (unpaired) electrons. The van der Waals surface area contributed by atoms with Gasteiger partial charge in [-0.2, -0.15) is 0 Å². The van der Waals surface area contributed by atoms with Crippen LogP contribution in [0.3, 0.4) is 0 Å². The molecule has 1 aromatic rings. The summed E-state index contributed by atoms with van der Waals surface area (Å²) in [5.41, 5.74) is 0.620. The molecule has 1 N–H and O–H groups in total. The summed E-state index contributed by atoms with van der Waals surface area (Å²) in [6.07, 6.45) is 9.16. The lowest BCUT2D eigenvalue weighted by Gasteiger charge is -2.08. The molecule has 1 aliphatic carbocycles. The Morgan fingerprint density at radius 2 is 2.31 bits per heavy atom. The van der Waals surface area contributed by atoms with E-state index >= 15 is 0 Å². The Labute approximate surface area is 78.6 Å². The highest BCUT2D eigenvalue weighted by Crippen LogP contribution is 2.47. The van der Waals surface area contributed by atoms with Crippen LogP contribution in [0.2, 0.25) is 0 Å². The number of hydrogen-bond donors (Lipinski definition) is 1. The van der Waals surface area contributed by atoms with Gasteiger partial charge < -0.3 is 5.32 Å². The van der Waals surface area contributed by atoms with Gasteiger partial charge in [-0.25, -0.2) is 4.98 Å². The van der Waals surface area contributed by atoms with E-state index in [1.54, 1.807) is 18.6 Å². The molecule has 0 amide bonds. The molecule has 1 heterocycles. The van der Waals surface area contributed by atoms with Gasteiger partial charge in [0.05, 0.1) is 6.20 Å². The third kappa shape index (κ3) is 2.41. The molecular weight excluding hydrogens is 162 g/mol. The number of anilines is 1. The molecule has 1 saturated carbocycles. The van der Waals surface area contributed by atoms with Crippen LogP contribution >= 0.6 is 0 Å².